The molecule has 1 heteroatoms. The van der Waals surface area contributed by atoms with Gasteiger partial charge in [-0.3, -0.25) is 0 Å². The Morgan fingerprint density at radius 2 is 2.25 bits per heavy atom. The molecular formula is C7H14S. The zero-order chi connectivity index (χ0) is 6.41. The lowest BCUT2D eigenvalue weighted by molar-refractivity contribution is 0.996. The van der Waals surface area contributed by atoms with Crippen LogP contribution in [0.4, 0.5) is 0 Å². The van der Waals surface area contributed by atoms with Crippen LogP contribution in [0.25, 0.3) is 0 Å². The van der Waals surface area contributed by atoms with Crippen molar-refractivity contribution in [2.75, 3.05) is 12.0 Å². The summed E-state index contributed by atoms with van der Waals surface area (Å²) in [4.78, 5) is 0. The van der Waals surface area contributed by atoms with E-state index in [9.17, 15) is 0 Å². The smallest absolute Gasteiger partial charge is 0.00331 e. The summed E-state index contributed by atoms with van der Waals surface area (Å²) in [5.74, 6) is 1.23. The average Bonchev–Trinajstić information content (AvgIpc) is 1.83. The SMILES string of the molecule is C=C(CC)CCSC. The van der Waals surface area contributed by atoms with Gasteiger partial charge in [0.05, 0.1) is 0 Å². The molecule has 0 N–H and O–H groups in total. The van der Waals surface area contributed by atoms with Crippen molar-refractivity contribution in [3.8, 4) is 0 Å². The second-order valence-corrected chi connectivity index (χ2v) is 2.83. The Bertz CT molecular complexity index is 66.8. The van der Waals surface area contributed by atoms with Crippen LogP contribution in [0.5, 0.6) is 0 Å². The number of hydrogen-bond donors (Lipinski definition) is 0. The number of allylic oxidation sites excluding steroid dienone is 1. The molecular weight excluding hydrogens is 116 g/mol. The van der Waals surface area contributed by atoms with Crippen molar-refractivity contribution < 1.29 is 0 Å². The van der Waals surface area contributed by atoms with Crippen LogP contribution in [0.1, 0.15) is 19.8 Å². The van der Waals surface area contributed by atoms with Gasteiger partial charge >= 0.3 is 0 Å². The van der Waals surface area contributed by atoms with Crippen LogP contribution < -0.4 is 0 Å². The average molecular weight is 130 g/mol. The highest BCUT2D eigenvalue weighted by Gasteiger charge is 1.86. The summed E-state index contributed by atoms with van der Waals surface area (Å²) in [6.45, 7) is 6.05. The highest BCUT2D eigenvalue weighted by Crippen LogP contribution is 2.06. The molecule has 48 valence electrons. The maximum Gasteiger partial charge on any atom is -0.00331 e. The Labute approximate surface area is 56.4 Å². The molecule has 0 aliphatic heterocycles. The maximum absolute atomic E-state index is 3.90. The van der Waals surface area contributed by atoms with Crippen LogP contribution in [0.3, 0.4) is 0 Å². The first-order chi connectivity index (χ1) is 3.81. The second-order valence-electron chi connectivity index (χ2n) is 1.85. The summed E-state index contributed by atoms with van der Waals surface area (Å²) >= 11 is 1.88. The van der Waals surface area contributed by atoms with Crippen molar-refractivity contribution in [3.05, 3.63) is 12.2 Å². The van der Waals surface area contributed by atoms with Gasteiger partial charge in [0.2, 0.25) is 0 Å². The minimum absolute atomic E-state index is 1.14. The summed E-state index contributed by atoms with van der Waals surface area (Å²) < 4.78 is 0. The zero-order valence-corrected chi connectivity index (χ0v) is 6.55. The molecule has 0 nitrogen and oxygen atoms in total. The van der Waals surface area contributed by atoms with E-state index < -0.39 is 0 Å². The van der Waals surface area contributed by atoms with Gasteiger partial charge in [-0.15, -0.1) is 0 Å². The molecule has 0 saturated heterocycles. The third-order valence-corrected chi connectivity index (χ3v) is 1.77. The maximum atomic E-state index is 3.90. The molecule has 0 fully saturated rings. The third kappa shape index (κ3) is 4.25. The Hall–Kier alpha value is 0.0900. The fourth-order valence-corrected chi connectivity index (χ4v) is 0.916. The van der Waals surface area contributed by atoms with E-state index in [1.54, 1.807) is 0 Å². The van der Waals surface area contributed by atoms with Crippen molar-refractivity contribution in [1.82, 2.24) is 0 Å². The molecule has 0 aliphatic carbocycles. The number of rotatable bonds is 4. The molecule has 0 bridgehead atoms. The monoisotopic (exact) mass is 130 g/mol. The summed E-state index contributed by atoms with van der Waals surface area (Å²) in [5.41, 5.74) is 1.37. The molecule has 0 aromatic rings. The van der Waals surface area contributed by atoms with Crippen LogP contribution >= 0.6 is 11.8 Å². The van der Waals surface area contributed by atoms with E-state index in [0.717, 1.165) is 6.42 Å². The molecule has 0 rings (SSSR count). The van der Waals surface area contributed by atoms with Gasteiger partial charge in [0.25, 0.3) is 0 Å². The van der Waals surface area contributed by atoms with Crippen molar-refractivity contribution in [2.45, 2.75) is 19.8 Å². The molecule has 0 spiro atoms. The van der Waals surface area contributed by atoms with Gasteiger partial charge in [-0.1, -0.05) is 19.1 Å². The van der Waals surface area contributed by atoms with Crippen molar-refractivity contribution in [2.24, 2.45) is 0 Å². The molecule has 0 heterocycles. The van der Waals surface area contributed by atoms with Gasteiger partial charge in [0.15, 0.2) is 0 Å². The highest BCUT2D eigenvalue weighted by molar-refractivity contribution is 7.98. The first kappa shape index (κ1) is 8.09. The second kappa shape index (κ2) is 5.23. The minimum Gasteiger partial charge on any atom is -0.165 e. The topological polar surface area (TPSA) is 0 Å². The van der Waals surface area contributed by atoms with Gasteiger partial charge in [-0.05, 0) is 24.9 Å². The van der Waals surface area contributed by atoms with Crippen LogP contribution in [0.15, 0.2) is 12.2 Å². The number of thioether (sulfide) groups is 1. The van der Waals surface area contributed by atoms with Gasteiger partial charge in [0.1, 0.15) is 0 Å². The molecule has 0 aliphatic rings. The van der Waals surface area contributed by atoms with Crippen LogP contribution in [0, 0.1) is 0 Å². The fourth-order valence-electron chi connectivity index (χ4n) is 0.423. The van der Waals surface area contributed by atoms with E-state index in [-0.39, 0.29) is 0 Å². The predicted molar refractivity (Wildman–Crippen MR) is 42.4 cm³/mol. The van der Waals surface area contributed by atoms with Gasteiger partial charge < -0.3 is 0 Å². The van der Waals surface area contributed by atoms with Crippen molar-refractivity contribution in [3.63, 3.8) is 0 Å². The van der Waals surface area contributed by atoms with Crippen LogP contribution in [-0.2, 0) is 0 Å². The van der Waals surface area contributed by atoms with E-state index in [2.05, 4.69) is 19.8 Å². The van der Waals surface area contributed by atoms with E-state index in [1.165, 1.54) is 17.7 Å². The van der Waals surface area contributed by atoms with Crippen LogP contribution in [0.2, 0.25) is 0 Å². The Morgan fingerprint density at radius 3 is 2.62 bits per heavy atom. The molecule has 8 heavy (non-hydrogen) atoms. The molecule has 0 amide bonds. The van der Waals surface area contributed by atoms with Crippen molar-refractivity contribution in [1.29, 1.82) is 0 Å². The Balaban J connectivity index is 2.99. The fraction of sp³-hybridized carbons (Fsp3) is 0.714. The third-order valence-electron chi connectivity index (χ3n) is 1.16. The number of hydrogen-bond acceptors (Lipinski definition) is 1. The first-order valence-corrected chi connectivity index (χ1v) is 4.36. The van der Waals surface area contributed by atoms with Crippen LogP contribution in [-0.4, -0.2) is 12.0 Å². The standard InChI is InChI=1S/C7H14S/c1-4-7(2)5-6-8-3/h2,4-6H2,1,3H3. The normalized spacial score (nSPS) is 9.25. The van der Waals surface area contributed by atoms with E-state index in [1.807, 2.05) is 11.8 Å². The lowest BCUT2D eigenvalue weighted by atomic mass is 10.2. The zero-order valence-electron chi connectivity index (χ0n) is 5.74. The summed E-state index contributed by atoms with van der Waals surface area (Å²) in [6.07, 6.45) is 4.46. The molecule has 0 saturated carbocycles. The molecule has 0 aromatic heterocycles. The molecule has 0 radical (unpaired) electrons. The Morgan fingerprint density at radius 1 is 1.62 bits per heavy atom. The molecule has 0 unspecified atom stereocenters. The summed E-state index contributed by atoms with van der Waals surface area (Å²) in [7, 11) is 0. The summed E-state index contributed by atoms with van der Waals surface area (Å²) in [6, 6.07) is 0. The van der Waals surface area contributed by atoms with E-state index in [0.29, 0.717) is 0 Å². The summed E-state index contributed by atoms with van der Waals surface area (Å²) in [5, 5.41) is 0. The lowest BCUT2D eigenvalue weighted by Gasteiger charge is -1.96. The minimum atomic E-state index is 1.14. The van der Waals surface area contributed by atoms with Gasteiger partial charge in [-0.25, -0.2) is 0 Å². The van der Waals surface area contributed by atoms with Crippen molar-refractivity contribution >= 4 is 11.8 Å². The van der Waals surface area contributed by atoms with E-state index >= 15 is 0 Å². The predicted octanol–water partition coefficient (Wildman–Crippen LogP) is 2.71. The largest absolute Gasteiger partial charge is 0.165 e. The Kier molecular flexibility index (Phi) is 5.29. The highest BCUT2D eigenvalue weighted by atomic mass is 32.2. The van der Waals surface area contributed by atoms with Gasteiger partial charge in [0, 0.05) is 0 Å². The molecule has 0 aromatic carbocycles. The van der Waals surface area contributed by atoms with Gasteiger partial charge in [-0.2, -0.15) is 11.8 Å². The first-order valence-electron chi connectivity index (χ1n) is 2.96. The van der Waals surface area contributed by atoms with E-state index in [4.69, 9.17) is 0 Å². The lowest BCUT2D eigenvalue weighted by Crippen LogP contribution is -1.80. The quantitative estimate of drug-likeness (QED) is 0.527. The molecule has 0 atom stereocenters.